The molecule has 10 atom stereocenters. The third-order valence-electron chi connectivity index (χ3n) is 4.59. The minimum absolute atomic E-state index is 0.557. The second kappa shape index (κ2) is 8.20. The predicted octanol–water partition coefficient (Wildman–Crippen LogP) is -3.41. The molecule has 2 rings (SSSR count). The number of nitrogens with two attached hydrogens (primary N) is 1. The number of methoxy groups -OCH3 is 1. The molecule has 2 aliphatic rings. The first-order valence-corrected chi connectivity index (χ1v) is 7.85. The minimum Gasteiger partial charge on any atom is -0.479 e. The van der Waals surface area contributed by atoms with Gasteiger partial charge in [0, 0.05) is 13.0 Å². The monoisotopic (exact) mass is 367 g/mol. The Morgan fingerprint density at radius 3 is 2.28 bits per heavy atom. The molecule has 0 spiro atoms. The van der Waals surface area contributed by atoms with E-state index in [-0.39, 0.29) is 0 Å². The van der Waals surface area contributed by atoms with Crippen LogP contribution in [0.4, 0.5) is 0 Å². The van der Waals surface area contributed by atoms with Gasteiger partial charge >= 0.3 is 5.97 Å². The molecule has 0 aliphatic carbocycles. The van der Waals surface area contributed by atoms with E-state index in [0.717, 1.165) is 0 Å². The number of carboxylic acids is 1. The summed E-state index contributed by atoms with van der Waals surface area (Å²) in [4.78, 5) is 11.2. The summed E-state index contributed by atoms with van der Waals surface area (Å²) in [6.45, 7) is 0.857. The maximum Gasteiger partial charge on any atom is 0.333 e. The summed E-state index contributed by atoms with van der Waals surface area (Å²) in [5.74, 6) is -2.21. The van der Waals surface area contributed by atoms with Crippen molar-refractivity contribution in [2.75, 3.05) is 13.7 Å². The number of hydrogen-bond donors (Lipinski definition) is 6. The molecule has 0 aromatic heterocycles. The number of rotatable bonds is 5. The predicted molar refractivity (Wildman–Crippen MR) is 79.1 cm³/mol. The Morgan fingerprint density at radius 1 is 1.12 bits per heavy atom. The first-order valence-electron chi connectivity index (χ1n) is 7.85. The van der Waals surface area contributed by atoms with Crippen LogP contribution in [-0.2, 0) is 23.7 Å². The van der Waals surface area contributed by atoms with Gasteiger partial charge in [0.2, 0.25) is 0 Å². The zero-order valence-electron chi connectivity index (χ0n) is 13.8. The Hall–Kier alpha value is -0.890. The maximum absolute atomic E-state index is 11.2. The molecule has 7 N–H and O–H groups in total. The molecule has 2 saturated heterocycles. The van der Waals surface area contributed by atoms with E-state index in [1.54, 1.807) is 0 Å². The van der Waals surface area contributed by atoms with Gasteiger partial charge in [-0.1, -0.05) is 6.92 Å². The van der Waals surface area contributed by atoms with Gasteiger partial charge in [0.05, 0.1) is 18.8 Å². The molecule has 0 radical (unpaired) electrons. The lowest BCUT2D eigenvalue weighted by atomic mass is 9.90. The Bertz CT molecular complexity index is 463. The molecule has 2 aliphatic heterocycles. The number of carboxylic acid groups (broad SMARTS) is 1. The summed E-state index contributed by atoms with van der Waals surface area (Å²) in [6, 6.07) is -1.02. The van der Waals surface area contributed by atoms with Gasteiger partial charge in [0.1, 0.15) is 24.4 Å². The van der Waals surface area contributed by atoms with Crippen LogP contribution in [0, 0.1) is 5.92 Å². The molecule has 0 aromatic rings. The fourth-order valence-electron chi connectivity index (χ4n) is 3.02. The minimum atomic E-state index is -1.56. The molecular weight excluding hydrogens is 342 g/mol. The average Bonchev–Trinajstić information content (AvgIpc) is 2.58. The molecule has 0 saturated carbocycles. The molecule has 11 heteroatoms. The number of carbonyl (C=O) groups is 1. The summed E-state index contributed by atoms with van der Waals surface area (Å²) < 4.78 is 21.0. The smallest absolute Gasteiger partial charge is 0.333 e. The van der Waals surface area contributed by atoms with Gasteiger partial charge in [-0.05, 0) is 0 Å². The van der Waals surface area contributed by atoms with Gasteiger partial charge in [-0.15, -0.1) is 0 Å². The van der Waals surface area contributed by atoms with E-state index < -0.39 is 73.7 Å². The van der Waals surface area contributed by atoms with E-state index in [0.29, 0.717) is 0 Å². The molecule has 146 valence electrons. The summed E-state index contributed by atoms with van der Waals surface area (Å²) in [5, 5.41) is 49.1. The first-order chi connectivity index (χ1) is 11.7. The van der Waals surface area contributed by atoms with Crippen LogP contribution in [0.15, 0.2) is 0 Å². The van der Waals surface area contributed by atoms with E-state index in [1.807, 2.05) is 0 Å². The normalized spacial score (nSPS) is 48.3. The second-order valence-electron chi connectivity index (χ2n) is 6.23. The van der Waals surface area contributed by atoms with Crippen molar-refractivity contribution in [1.29, 1.82) is 0 Å². The number of aliphatic carboxylic acids is 1. The van der Waals surface area contributed by atoms with Crippen LogP contribution in [0.3, 0.4) is 0 Å². The van der Waals surface area contributed by atoms with Gasteiger partial charge in [-0.3, -0.25) is 0 Å². The van der Waals surface area contributed by atoms with Crippen molar-refractivity contribution in [3.63, 3.8) is 0 Å². The topological polar surface area (TPSA) is 181 Å². The van der Waals surface area contributed by atoms with Crippen LogP contribution in [0.5, 0.6) is 0 Å². The summed E-state index contributed by atoms with van der Waals surface area (Å²) >= 11 is 0. The van der Waals surface area contributed by atoms with Crippen molar-refractivity contribution in [3.8, 4) is 0 Å². The summed E-state index contributed by atoms with van der Waals surface area (Å²) in [7, 11) is 1.32. The highest BCUT2D eigenvalue weighted by molar-refractivity contribution is 5.73. The number of aliphatic hydroxyl groups excluding tert-OH is 4. The van der Waals surface area contributed by atoms with Gasteiger partial charge in [-0.2, -0.15) is 0 Å². The van der Waals surface area contributed by atoms with Crippen LogP contribution in [0.1, 0.15) is 6.92 Å². The highest BCUT2D eigenvalue weighted by Gasteiger charge is 2.50. The third kappa shape index (κ3) is 3.94. The quantitative estimate of drug-likeness (QED) is 0.285. The van der Waals surface area contributed by atoms with Crippen molar-refractivity contribution in [3.05, 3.63) is 0 Å². The molecule has 0 aromatic carbocycles. The Labute approximate surface area is 143 Å². The van der Waals surface area contributed by atoms with Crippen molar-refractivity contribution in [2.24, 2.45) is 11.7 Å². The lowest BCUT2D eigenvalue weighted by Gasteiger charge is -2.46. The van der Waals surface area contributed by atoms with E-state index >= 15 is 0 Å². The van der Waals surface area contributed by atoms with E-state index in [4.69, 9.17) is 24.7 Å². The molecule has 11 nitrogen and oxygen atoms in total. The SMILES string of the molecule is CO[C@H]1O[C@H](CO)[C@@H](O[C@@H]2OC(C(=O)O)[C@H](C)[C@H](O)C2O)C(O)C1N. The number of ether oxygens (including phenoxy) is 4. The molecule has 0 amide bonds. The molecule has 2 fully saturated rings. The second-order valence-corrected chi connectivity index (χ2v) is 6.23. The maximum atomic E-state index is 11.2. The van der Waals surface area contributed by atoms with Gasteiger partial charge < -0.3 is 50.2 Å². The lowest BCUT2D eigenvalue weighted by molar-refractivity contribution is -0.335. The third-order valence-corrected chi connectivity index (χ3v) is 4.59. The fraction of sp³-hybridized carbons (Fsp3) is 0.929. The van der Waals surface area contributed by atoms with Crippen molar-refractivity contribution in [1.82, 2.24) is 0 Å². The zero-order chi connectivity index (χ0) is 18.9. The van der Waals surface area contributed by atoms with Gasteiger partial charge in [-0.25, -0.2) is 4.79 Å². The van der Waals surface area contributed by atoms with Crippen LogP contribution < -0.4 is 5.73 Å². The summed E-state index contributed by atoms with van der Waals surface area (Å²) in [6.07, 6.45) is -10.6. The van der Waals surface area contributed by atoms with Gasteiger partial charge in [0.15, 0.2) is 18.7 Å². The highest BCUT2D eigenvalue weighted by atomic mass is 16.7. The molecular formula is C14H25NO10. The van der Waals surface area contributed by atoms with Crippen LogP contribution in [-0.4, -0.2) is 100 Å². The number of aliphatic hydroxyl groups is 4. The van der Waals surface area contributed by atoms with Crippen molar-refractivity contribution < 1.29 is 49.3 Å². The van der Waals surface area contributed by atoms with Gasteiger partial charge in [0.25, 0.3) is 0 Å². The van der Waals surface area contributed by atoms with E-state index in [2.05, 4.69) is 0 Å². The Balaban J connectivity index is 2.16. The summed E-state index contributed by atoms with van der Waals surface area (Å²) in [5.41, 5.74) is 5.80. The van der Waals surface area contributed by atoms with Crippen molar-refractivity contribution >= 4 is 5.97 Å². The van der Waals surface area contributed by atoms with Crippen LogP contribution in [0.2, 0.25) is 0 Å². The molecule has 2 heterocycles. The molecule has 0 bridgehead atoms. The van der Waals surface area contributed by atoms with E-state index in [1.165, 1.54) is 14.0 Å². The number of hydrogen-bond acceptors (Lipinski definition) is 10. The van der Waals surface area contributed by atoms with Crippen LogP contribution in [0.25, 0.3) is 0 Å². The lowest BCUT2D eigenvalue weighted by Crippen LogP contribution is -2.65. The molecule has 4 unspecified atom stereocenters. The Kier molecular flexibility index (Phi) is 6.70. The molecule has 25 heavy (non-hydrogen) atoms. The standard InChI is InChI=1S/C14H25NO10/c1-4-7(17)9(19)14(24-10(4)12(20)21)25-11-5(3-16)23-13(22-2)6(15)8(11)18/h4-11,13-14,16-19H,3,15H2,1-2H3,(H,20,21)/t4-,5-,6?,7+,8?,9?,10?,11-,13+,14+/m1/s1. The van der Waals surface area contributed by atoms with Crippen molar-refractivity contribution in [2.45, 2.75) is 62.2 Å². The fourth-order valence-corrected chi connectivity index (χ4v) is 3.02. The van der Waals surface area contributed by atoms with E-state index in [9.17, 15) is 30.3 Å². The first kappa shape index (κ1) is 20.4. The van der Waals surface area contributed by atoms with Crippen LogP contribution >= 0.6 is 0 Å². The Morgan fingerprint density at radius 2 is 1.76 bits per heavy atom. The highest BCUT2D eigenvalue weighted by Crippen LogP contribution is 2.30. The zero-order valence-corrected chi connectivity index (χ0v) is 13.8. The average molecular weight is 367 g/mol. The largest absolute Gasteiger partial charge is 0.479 e.